The lowest BCUT2D eigenvalue weighted by Gasteiger charge is -2.30. The molecular formula is C33H29N3O8. The maximum absolute atomic E-state index is 14.4. The monoisotopic (exact) mass is 595 g/mol. The first-order valence-corrected chi connectivity index (χ1v) is 13.7. The number of nitrogens with one attached hydrogen (secondary N) is 1. The van der Waals surface area contributed by atoms with Gasteiger partial charge in [0.05, 0.1) is 31.1 Å². The van der Waals surface area contributed by atoms with E-state index in [4.69, 9.17) is 9.47 Å². The van der Waals surface area contributed by atoms with Crippen LogP contribution in [0.15, 0.2) is 103 Å². The lowest BCUT2D eigenvalue weighted by atomic mass is 9.76. The Bertz CT molecular complexity index is 1660. The van der Waals surface area contributed by atoms with Gasteiger partial charge in [0.15, 0.2) is 5.78 Å². The van der Waals surface area contributed by atoms with Gasteiger partial charge in [0.2, 0.25) is 0 Å². The summed E-state index contributed by atoms with van der Waals surface area (Å²) in [7, 11) is 3.02. The number of hydrogen-bond acceptors (Lipinski definition) is 7. The van der Waals surface area contributed by atoms with Gasteiger partial charge < -0.3 is 24.8 Å². The summed E-state index contributed by atoms with van der Waals surface area (Å²) in [5.74, 6) is -2.74. The van der Waals surface area contributed by atoms with Gasteiger partial charge in [-0.1, -0.05) is 54.6 Å². The highest BCUT2D eigenvalue weighted by molar-refractivity contribution is 6.02. The van der Waals surface area contributed by atoms with E-state index in [0.717, 1.165) is 0 Å². The molecule has 2 amide bonds. The van der Waals surface area contributed by atoms with Crippen LogP contribution in [0.25, 0.3) is 0 Å². The number of Topliss-reactive ketones (excluding diaryl/α,β-unsaturated/α-hetero) is 1. The number of carbonyl (C=O) groups excluding carboxylic acids is 2. The molecule has 0 spiro atoms. The van der Waals surface area contributed by atoms with Gasteiger partial charge in [-0.15, -0.1) is 0 Å². The number of rotatable bonds is 9. The fourth-order valence-electron chi connectivity index (χ4n) is 5.78. The summed E-state index contributed by atoms with van der Waals surface area (Å²) in [5.41, 5.74) is 1.42. The summed E-state index contributed by atoms with van der Waals surface area (Å²) in [4.78, 5) is 53.6. The summed E-state index contributed by atoms with van der Waals surface area (Å²) >= 11 is 0. The van der Waals surface area contributed by atoms with E-state index in [2.05, 4.69) is 5.32 Å². The van der Waals surface area contributed by atoms with E-state index in [1.165, 1.54) is 43.4 Å². The Hall–Kier alpha value is -5.71. The summed E-state index contributed by atoms with van der Waals surface area (Å²) < 4.78 is 10.5. The maximum atomic E-state index is 14.4. The SMILES string of the molecule is COc1ccc(NC(=O)N2C(C(=O)O)C(c3ccc([N+](=O)[O-])cc3)C(C(=O)c3ccccc3)C2c2ccc(OC)cc2)cc1. The smallest absolute Gasteiger partial charge is 0.327 e. The molecule has 1 fully saturated rings. The molecule has 4 atom stereocenters. The minimum Gasteiger partial charge on any atom is -0.497 e. The Morgan fingerprint density at radius 3 is 1.86 bits per heavy atom. The molecule has 0 saturated carbocycles. The Morgan fingerprint density at radius 1 is 0.795 bits per heavy atom. The predicted octanol–water partition coefficient (Wildman–Crippen LogP) is 5.94. The third-order valence-electron chi connectivity index (χ3n) is 7.80. The number of benzene rings is 4. The molecule has 0 radical (unpaired) electrons. The third-order valence-corrected chi connectivity index (χ3v) is 7.80. The van der Waals surface area contributed by atoms with E-state index < -0.39 is 40.8 Å². The quantitative estimate of drug-likeness (QED) is 0.137. The molecule has 0 bridgehead atoms. The van der Waals surface area contributed by atoms with Crippen LogP contribution in [-0.4, -0.2) is 53.0 Å². The second-order valence-electron chi connectivity index (χ2n) is 10.2. The Balaban J connectivity index is 1.70. The Labute approximate surface area is 252 Å². The summed E-state index contributed by atoms with van der Waals surface area (Å²) in [6.45, 7) is 0. The lowest BCUT2D eigenvalue weighted by Crippen LogP contribution is -2.45. The molecule has 2 N–H and O–H groups in total. The standard InChI is InChI=1S/C33H29N3O8/c1-43-25-16-10-21(11-17-25)29-28(31(37)22-6-4-3-5-7-22)27(20-8-14-24(15-9-20)36(41)42)30(32(38)39)35(29)33(40)34-23-12-18-26(44-2)19-13-23/h3-19,27-30H,1-2H3,(H,34,40)(H,38,39). The first-order valence-electron chi connectivity index (χ1n) is 13.7. The number of aliphatic carboxylic acids is 1. The van der Waals surface area contributed by atoms with Crippen LogP contribution in [0.4, 0.5) is 16.2 Å². The molecule has 0 aromatic heterocycles. The van der Waals surface area contributed by atoms with Crippen molar-refractivity contribution in [2.24, 2.45) is 5.92 Å². The second kappa shape index (κ2) is 12.7. The second-order valence-corrected chi connectivity index (χ2v) is 10.2. The maximum Gasteiger partial charge on any atom is 0.327 e. The predicted molar refractivity (Wildman–Crippen MR) is 161 cm³/mol. The van der Waals surface area contributed by atoms with Gasteiger partial charge in [0.25, 0.3) is 5.69 Å². The number of nitro benzene ring substituents is 1. The van der Waals surface area contributed by atoms with E-state index >= 15 is 0 Å². The van der Waals surface area contributed by atoms with E-state index in [1.807, 2.05) is 0 Å². The van der Waals surface area contributed by atoms with Gasteiger partial charge in [-0.05, 0) is 47.5 Å². The zero-order valence-electron chi connectivity index (χ0n) is 23.8. The number of carboxylic acid groups (broad SMARTS) is 1. The van der Waals surface area contributed by atoms with Crippen LogP contribution in [0.5, 0.6) is 11.5 Å². The highest BCUT2D eigenvalue weighted by atomic mass is 16.6. The van der Waals surface area contributed by atoms with Crippen molar-refractivity contribution in [1.29, 1.82) is 0 Å². The number of nitrogens with zero attached hydrogens (tertiary/aromatic N) is 2. The van der Waals surface area contributed by atoms with Crippen LogP contribution < -0.4 is 14.8 Å². The number of ether oxygens (including phenoxy) is 2. The fourth-order valence-corrected chi connectivity index (χ4v) is 5.78. The molecular weight excluding hydrogens is 566 g/mol. The van der Waals surface area contributed by atoms with Crippen molar-refractivity contribution < 1.29 is 33.9 Å². The van der Waals surface area contributed by atoms with Crippen LogP contribution in [0, 0.1) is 16.0 Å². The van der Waals surface area contributed by atoms with E-state index in [1.54, 1.807) is 78.9 Å². The zero-order valence-corrected chi connectivity index (χ0v) is 23.8. The van der Waals surface area contributed by atoms with Gasteiger partial charge in [0.1, 0.15) is 17.5 Å². The molecule has 0 aliphatic carbocycles. The van der Waals surface area contributed by atoms with E-state index in [9.17, 15) is 29.6 Å². The Morgan fingerprint density at radius 2 is 1.34 bits per heavy atom. The van der Waals surface area contributed by atoms with E-state index in [0.29, 0.717) is 33.9 Å². The molecule has 1 saturated heterocycles. The van der Waals surface area contributed by atoms with Gasteiger partial charge in [-0.3, -0.25) is 14.9 Å². The molecule has 224 valence electrons. The molecule has 11 nitrogen and oxygen atoms in total. The summed E-state index contributed by atoms with van der Waals surface area (Å²) in [6.07, 6.45) is 0. The third kappa shape index (κ3) is 5.80. The number of nitro groups is 1. The number of ketones is 1. The number of amides is 2. The minimum atomic E-state index is -1.51. The number of carbonyl (C=O) groups is 3. The van der Waals surface area contributed by atoms with Gasteiger partial charge >= 0.3 is 12.0 Å². The number of likely N-dealkylation sites (tertiary alicyclic amines) is 1. The van der Waals surface area contributed by atoms with Crippen molar-refractivity contribution in [2.45, 2.75) is 18.0 Å². The van der Waals surface area contributed by atoms with Gasteiger partial charge in [-0.25, -0.2) is 9.59 Å². The van der Waals surface area contributed by atoms with Crippen molar-refractivity contribution in [2.75, 3.05) is 19.5 Å². The Kier molecular flexibility index (Phi) is 8.56. The van der Waals surface area contributed by atoms with Crippen molar-refractivity contribution >= 4 is 29.2 Å². The molecule has 4 aromatic carbocycles. The molecule has 1 heterocycles. The normalized spacial score (nSPS) is 19.2. The van der Waals surface area contributed by atoms with Crippen LogP contribution in [0.1, 0.15) is 33.4 Å². The molecule has 11 heteroatoms. The molecule has 4 aromatic rings. The first kappa shape index (κ1) is 29.8. The molecule has 1 aliphatic heterocycles. The van der Waals surface area contributed by atoms with Crippen LogP contribution in [0.2, 0.25) is 0 Å². The minimum absolute atomic E-state index is 0.189. The zero-order chi connectivity index (χ0) is 31.4. The van der Waals surface area contributed by atoms with E-state index in [-0.39, 0.29) is 11.5 Å². The summed E-state index contributed by atoms with van der Waals surface area (Å²) in [5, 5.41) is 24.8. The highest BCUT2D eigenvalue weighted by Gasteiger charge is 2.57. The van der Waals surface area contributed by atoms with Crippen LogP contribution in [-0.2, 0) is 4.79 Å². The average Bonchev–Trinajstić information content (AvgIpc) is 3.42. The largest absolute Gasteiger partial charge is 0.497 e. The topological polar surface area (TPSA) is 148 Å². The number of urea groups is 1. The van der Waals surface area contributed by atoms with Gasteiger partial charge in [0, 0.05) is 29.3 Å². The first-order chi connectivity index (χ1) is 21.2. The van der Waals surface area contributed by atoms with Crippen LogP contribution >= 0.6 is 0 Å². The number of non-ortho nitro benzene ring substituents is 1. The number of methoxy groups -OCH3 is 2. The fraction of sp³-hybridized carbons (Fsp3) is 0.182. The van der Waals surface area contributed by atoms with Crippen LogP contribution in [0.3, 0.4) is 0 Å². The summed E-state index contributed by atoms with van der Waals surface area (Å²) in [6, 6.07) is 23.8. The number of hydrogen-bond donors (Lipinski definition) is 2. The van der Waals surface area contributed by atoms with Crippen molar-refractivity contribution in [1.82, 2.24) is 4.90 Å². The molecule has 5 rings (SSSR count). The molecule has 4 unspecified atom stereocenters. The average molecular weight is 596 g/mol. The van der Waals surface area contributed by atoms with Crippen molar-refractivity contribution in [3.63, 3.8) is 0 Å². The van der Waals surface area contributed by atoms with Crippen molar-refractivity contribution in [3.05, 3.63) is 130 Å². The van der Waals surface area contributed by atoms with Crippen molar-refractivity contribution in [3.8, 4) is 11.5 Å². The number of carboxylic acids is 1. The number of anilines is 1. The lowest BCUT2D eigenvalue weighted by molar-refractivity contribution is -0.384. The van der Waals surface area contributed by atoms with Gasteiger partial charge in [-0.2, -0.15) is 0 Å². The molecule has 1 aliphatic rings. The highest BCUT2D eigenvalue weighted by Crippen LogP contribution is 2.51. The molecule has 44 heavy (non-hydrogen) atoms.